The van der Waals surface area contributed by atoms with E-state index in [0.717, 1.165) is 36.4 Å². The van der Waals surface area contributed by atoms with Gasteiger partial charge >= 0.3 is 12.5 Å². The number of rotatable bonds is 3. The van der Waals surface area contributed by atoms with E-state index in [-0.39, 0.29) is 10.0 Å². The molecule has 136 valence electrons. The minimum absolute atomic E-state index is 0.00275. The van der Waals surface area contributed by atoms with Crippen molar-refractivity contribution in [2.45, 2.75) is 18.6 Å². The molecule has 3 nitrogen and oxygen atoms in total. The van der Waals surface area contributed by atoms with Gasteiger partial charge in [-0.05, 0) is 45.8 Å². The molecule has 0 radical (unpaired) electrons. The van der Waals surface area contributed by atoms with Crippen LogP contribution >= 0.6 is 15.9 Å². The number of phenols is 1. The highest BCUT2D eigenvalue weighted by atomic mass is 79.9. The molecule has 0 bridgehead atoms. The fourth-order valence-corrected chi connectivity index (χ4v) is 2.53. The summed E-state index contributed by atoms with van der Waals surface area (Å²) in [5.41, 5.74) is 4.15. The second-order valence-electron chi connectivity index (χ2n) is 4.95. The summed E-state index contributed by atoms with van der Waals surface area (Å²) in [4.78, 5) is 0. The van der Waals surface area contributed by atoms with Crippen LogP contribution in [0.3, 0.4) is 0 Å². The third-order valence-electron chi connectivity index (χ3n) is 3.26. The maximum absolute atomic E-state index is 13.2. The molecule has 0 saturated heterocycles. The van der Waals surface area contributed by atoms with Crippen LogP contribution in [0.1, 0.15) is 22.7 Å². The van der Waals surface area contributed by atoms with Gasteiger partial charge in [-0.25, -0.2) is 0 Å². The molecule has 1 atom stereocenters. The molecule has 0 heterocycles. The Balaban J connectivity index is 2.44. The number of phenolic OH excluding ortho intramolecular Hbond substituents is 1. The van der Waals surface area contributed by atoms with Crippen molar-refractivity contribution >= 4 is 15.9 Å². The van der Waals surface area contributed by atoms with Crippen molar-refractivity contribution in [2.75, 3.05) is 0 Å². The van der Waals surface area contributed by atoms with Crippen molar-refractivity contribution < 1.29 is 36.2 Å². The van der Waals surface area contributed by atoms with Gasteiger partial charge in [0.2, 0.25) is 0 Å². The van der Waals surface area contributed by atoms with E-state index >= 15 is 0 Å². The number of halogens is 7. The Morgan fingerprint density at radius 3 is 2.00 bits per heavy atom. The van der Waals surface area contributed by atoms with E-state index in [2.05, 4.69) is 20.7 Å². The molecule has 0 aliphatic rings. The van der Waals surface area contributed by atoms with Crippen LogP contribution in [-0.2, 0) is 6.18 Å². The van der Waals surface area contributed by atoms with Gasteiger partial charge in [-0.1, -0.05) is 12.1 Å². The van der Waals surface area contributed by atoms with E-state index in [1.54, 1.807) is 0 Å². The number of ether oxygens (including phenoxy) is 1. The van der Waals surface area contributed by atoms with E-state index in [1.807, 2.05) is 0 Å². The summed E-state index contributed by atoms with van der Waals surface area (Å²) in [5.74, 6) is -1.24. The van der Waals surface area contributed by atoms with E-state index in [4.69, 9.17) is 5.73 Å². The molecule has 2 aromatic carbocycles. The summed E-state index contributed by atoms with van der Waals surface area (Å²) in [5, 5.41) is 9.98. The van der Waals surface area contributed by atoms with Crippen molar-refractivity contribution in [2.24, 2.45) is 5.73 Å². The molecule has 10 heteroatoms. The van der Waals surface area contributed by atoms with Crippen molar-refractivity contribution in [3.8, 4) is 11.5 Å². The average Bonchev–Trinajstić information content (AvgIpc) is 2.47. The molecular formula is C15H10BrF6NO2. The van der Waals surface area contributed by atoms with Crippen LogP contribution in [0, 0.1) is 0 Å². The molecule has 0 unspecified atom stereocenters. The Kier molecular flexibility index (Phi) is 5.24. The fourth-order valence-electron chi connectivity index (χ4n) is 2.19. The molecule has 3 N–H and O–H groups in total. The highest BCUT2D eigenvalue weighted by Crippen LogP contribution is 2.43. The van der Waals surface area contributed by atoms with Gasteiger partial charge in [0.15, 0.2) is 0 Å². The van der Waals surface area contributed by atoms with Crippen LogP contribution in [0.2, 0.25) is 0 Å². The molecule has 2 rings (SSSR count). The third kappa shape index (κ3) is 4.57. The number of hydrogen-bond donors (Lipinski definition) is 2. The predicted octanol–water partition coefficient (Wildman–Crippen LogP) is 5.12. The fraction of sp³-hybridized carbons (Fsp3) is 0.200. The number of nitrogens with two attached hydrogens (primary N) is 1. The first-order valence-electron chi connectivity index (χ1n) is 6.60. The normalized spacial score (nSPS) is 13.6. The Morgan fingerprint density at radius 2 is 1.52 bits per heavy atom. The van der Waals surface area contributed by atoms with E-state index in [0.29, 0.717) is 0 Å². The number of alkyl halides is 6. The summed E-state index contributed by atoms with van der Waals surface area (Å²) in [6.45, 7) is 0. The minimum Gasteiger partial charge on any atom is -0.506 e. The molecule has 0 amide bonds. The molecule has 2 aromatic rings. The Labute approximate surface area is 146 Å². The topological polar surface area (TPSA) is 55.5 Å². The van der Waals surface area contributed by atoms with E-state index < -0.39 is 41.2 Å². The van der Waals surface area contributed by atoms with Gasteiger partial charge in [0.05, 0.1) is 16.1 Å². The van der Waals surface area contributed by atoms with Gasteiger partial charge in [0, 0.05) is 5.56 Å². The second kappa shape index (κ2) is 6.75. The summed E-state index contributed by atoms with van der Waals surface area (Å²) >= 11 is 2.91. The largest absolute Gasteiger partial charge is 0.573 e. The zero-order valence-corrected chi connectivity index (χ0v) is 13.7. The summed E-state index contributed by atoms with van der Waals surface area (Å²) in [7, 11) is 0. The summed E-state index contributed by atoms with van der Waals surface area (Å²) in [6, 6.07) is 4.37. The lowest BCUT2D eigenvalue weighted by Gasteiger charge is -2.21. The van der Waals surface area contributed by atoms with E-state index in [1.165, 1.54) is 0 Å². The van der Waals surface area contributed by atoms with Crippen molar-refractivity contribution in [1.82, 2.24) is 0 Å². The lowest BCUT2D eigenvalue weighted by atomic mass is 9.94. The average molecular weight is 430 g/mol. The lowest BCUT2D eigenvalue weighted by Crippen LogP contribution is -2.19. The van der Waals surface area contributed by atoms with Gasteiger partial charge < -0.3 is 15.6 Å². The van der Waals surface area contributed by atoms with Crippen molar-refractivity contribution in [1.29, 1.82) is 0 Å². The summed E-state index contributed by atoms with van der Waals surface area (Å²) < 4.78 is 79.6. The quantitative estimate of drug-likeness (QED) is 0.665. The molecule has 25 heavy (non-hydrogen) atoms. The van der Waals surface area contributed by atoms with Gasteiger partial charge in [-0.3, -0.25) is 0 Å². The number of aromatic hydroxyl groups is 1. The van der Waals surface area contributed by atoms with Crippen LogP contribution in [0.4, 0.5) is 26.3 Å². The third-order valence-corrected chi connectivity index (χ3v) is 3.90. The van der Waals surface area contributed by atoms with Crippen LogP contribution in [0.15, 0.2) is 40.9 Å². The highest BCUT2D eigenvalue weighted by Gasteiger charge is 2.37. The zero-order valence-electron chi connectivity index (χ0n) is 12.1. The molecular weight excluding hydrogens is 420 g/mol. The van der Waals surface area contributed by atoms with Crippen LogP contribution < -0.4 is 10.5 Å². The highest BCUT2D eigenvalue weighted by molar-refractivity contribution is 9.10. The Morgan fingerprint density at radius 1 is 0.960 bits per heavy atom. The SMILES string of the molecule is N[C@H](c1ccc(OC(F)(F)F)cc1)c1c(C(F)(F)F)ccc(Br)c1O. The monoisotopic (exact) mass is 429 g/mol. The lowest BCUT2D eigenvalue weighted by molar-refractivity contribution is -0.274. The van der Waals surface area contributed by atoms with Crippen LogP contribution in [-0.4, -0.2) is 11.5 Å². The first-order chi connectivity index (χ1) is 11.4. The second-order valence-corrected chi connectivity index (χ2v) is 5.80. The maximum atomic E-state index is 13.2. The number of hydrogen-bond acceptors (Lipinski definition) is 3. The van der Waals surface area contributed by atoms with Crippen LogP contribution in [0.5, 0.6) is 11.5 Å². The smallest absolute Gasteiger partial charge is 0.506 e. The van der Waals surface area contributed by atoms with E-state index in [9.17, 15) is 31.4 Å². The molecule has 0 spiro atoms. The molecule has 0 aromatic heterocycles. The molecule has 0 fully saturated rings. The maximum Gasteiger partial charge on any atom is 0.573 e. The summed E-state index contributed by atoms with van der Waals surface area (Å²) in [6.07, 6.45) is -9.67. The molecule has 0 saturated carbocycles. The van der Waals surface area contributed by atoms with Gasteiger partial charge in [-0.15, -0.1) is 13.2 Å². The molecule has 0 aliphatic heterocycles. The first-order valence-corrected chi connectivity index (χ1v) is 7.39. The van der Waals surface area contributed by atoms with Gasteiger partial charge in [0.25, 0.3) is 0 Å². The Hall–Kier alpha value is -1.94. The van der Waals surface area contributed by atoms with Crippen LogP contribution in [0.25, 0.3) is 0 Å². The standard InChI is InChI=1S/C15H10BrF6NO2/c16-10-6-5-9(14(17,18)19)11(13(10)24)12(23)7-1-3-8(4-2-7)25-15(20,21)22/h1-6,12,24H,23H2/t12-/m1/s1. The van der Waals surface area contributed by atoms with Crippen molar-refractivity contribution in [3.63, 3.8) is 0 Å². The van der Waals surface area contributed by atoms with Gasteiger partial charge in [0.1, 0.15) is 11.5 Å². The molecule has 0 aliphatic carbocycles. The minimum atomic E-state index is -4.89. The predicted molar refractivity (Wildman–Crippen MR) is 80.0 cm³/mol. The zero-order chi connectivity index (χ0) is 19.0. The number of benzene rings is 2. The van der Waals surface area contributed by atoms with Crippen molar-refractivity contribution in [3.05, 3.63) is 57.6 Å². The Bertz CT molecular complexity index is 758. The first kappa shape index (κ1) is 19.4. The van der Waals surface area contributed by atoms with Gasteiger partial charge in [-0.2, -0.15) is 13.2 Å².